The smallest absolute Gasteiger partial charge is 0.399 e. The van der Waals surface area contributed by atoms with Gasteiger partial charge in [0.2, 0.25) is 0 Å². The van der Waals surface area contributed by atoms with E-state index in [4.69, 9.17) is 9.31 Å². The maximum atomic E-state index is 14.5. The Balaban J connectivity index is 1.71. The third-order valence-corrected chi connectivity index (χ3v) is 5.14. The van der Waals surface area contributed by atoms with Crippen LogP contribution >= 0.6 is 0 Å². The first-order valence-electron chi connectivity index (χ1n) is 8.98. The van der Waals surface area contributed by atoms with Crippen LogP contribution in [0.5, 0.6) is 0 Å². The molecule has 5 nitrogen and oxygen atoms in total. The van der Waals surface area contributed by atoms with Gasteiger partial charge in [-0.15, -0.1) is 0 Å². The van der Waals surface area contributed by atoms with Crippen LogP contribution in [0.25, 0.3) is 0 Å². The van der Waals surface area contributed by atoms with Gasteiger partial charge in [-0.2, -0.15) is 0 Å². The van der Waals surface area contributed by atoms with Crippen molar-refractivity contribution in [2.75, 3.05) is 10.6 Å². The molecule has 8 heteroatoms. The Morgan fingerprint density at radius 2 is 1.50 bits per heavy atom. The van der Waals surface area contributed by atoms with Gasteiger partial charge in [-0.05, 0) is 69.9 Å². The number of anilines is 2. The molecule has 0 spiro atoms. The zero-order chi connectivity index (χ0) is 20.7. The molecule has 2 amide bonds. The van der Waals surface area contributed by atoms with E-state index in [0.717, 1.165) is 5.56 Å². The molecule has 0 aromatic heterocycles. The van der Waals surface area contributed by atoms with Crippen LogP contribution in [0.15, 0.2) is 36.4 Å². The molecule has 0 unspecified atom stereocenters. The highest BCUT2D eigenvalue weighted by molar-refractivity contribution is 6.62. The van der Waals surface area contributed by atoms with Gasteiger partial charge in [0.25, 0.3) is 0 Å². The number of hydrogen-bond acceptors (Lipinski definition) is 3. The summed E-state index contributed by atoms with van der Waals surface area (Å²) in [5, 5.41) is 4.76. The number of amides is 2. The normalized spacial score (nSPS) is 17.5. The molecule has 2 aromatic carbocycles. The fourth-order valence-corrected chi connectivity index (χ4v) is 2.77. The van der Waals surface area contributed by atoms with Gasteiger partial charge in [-0.25, -0.2) is 13.6 Å². The summed E-state index contributed by atoms with van der Waals surface area (Å²) >= 11 is 0. The standard InChI is InChI=1S/C20H23BF2N2O3/c1-12-6-8-14(22)17(10-12)25-18(26)24-16-9-7-13(11-15(16)23)21-27-19(2,3)20(4,5)28-21/h6-11H,1-5H3,(H2,24,25,26). The van der Waals surface area contributed by atoms with E-state index in [0.29, 0.717) is 5.46 Å². The molecule has 1 aliphatic heterocycles. The zero-order valence-corrected chi connectivity index (χ0v) is 16.5. The van der Waals surface area contributed by atoms with Crippen molar-refractivity contribution in [3.8, 4) is 0 Å². The molecular weight excluding hydrogens is 365 g/mol. The number of halogens is 2. The van der Waals surface area contributed by atoms with E-state index < -0.39 is 36.0 Å². The Bertz CT molecular complexity index is 902. The van der Waals surface area contributed by atoms with Gasteiger partial charge in [0.05, 0.1) is 22.6 Å². The van der Waals surface area contributed by atoms with Crippen molar-refractivity contribution >= 4 is 30.0 Å². The van der Waals surface area contributed by atoms with E-state index in [9.17, 15) is 13.6 Å². The summed E-state index contributed by atoms with van der Waals surface area (Å²) in [6, 6.07) is 7.89. The molecule has 3 rings (SSSR count). The maximum Gasteiger partial charge on any atom is 0.494 e. The van der Waals surface area contributed by atoms with Gasteiger partial charge in [0.15, 0.2) is 0 Å². The fraction of sp³-hybridized carbons (Fsp3) is 0.350. The Labute approximate surface area is 163 Å². The van der Waals surface area contributed by atoms with Crippen LogP contribution in [-0.4, -0.2) is 24.4 Å². The summed E-state index contributed by atoms with van der Waals surface area (Å²) in [6.07, 6.45) is 0. The molecule has 0 radical (unpaired) electrons. The Morgan fingerprint density at radius 1 is 0.893 bits per heavy atom. The number of benzene rings is 2. The summed E-state index contributed by atoms with van der Waals surface area (Å²) in [5.74, 6) is -1.22. The minimum Gasteiger partial charge on any atom is -0.399 e. The van der Waals surface area contributed by atoms with E-state index in [1.807, 2.05) is 27.7 Å². The van der Waals surface area contributed by atoms with Crippen LogP contribution in [0.1, 0.15) is 33.3 Å². The Kier molecular flexibility index (Phi) is 5.21. The first kappa shape index (κ1) is 20.3. The van der Waals surface area contributed by atoms with Crippen molar-refractivity contribution in [2.45, 2.75) is 45.8 Å². The predicted molar refractivity (Wildman–Crippen MR) is 106 cm³/mol. The second-order valence-corrected chi connectivity index (χ2v) is 7.89. The SMILES string of the molecule is Cc1ccc(F)c(NC(=O)Nc2ccc(B3OC(C)(C)C(C)(C)O3)cc2F)c1. The zero-order valence-electron chi connectivity index (χ0n) is 16.5. The van der Waals surface area contributed by atoms with Crippen LogP contribution in [0.2, 0.25) is 0 Å². The summed E-state index contributed by atoms with van der Waals surface area (Å²) in [5.41, 5.74) is 0.199. The largest absolute Gasteiger partial charge is 0.494 e. The van der Waals surface area contributed by atoms with Crippen molar-refractivity contribution in [1.82, 2.24) is 0 Å². The Morgan fingerprint density at radius 3 is 2.11 bits per heavy atom. The second kappa shape index (κ2) is 7.18. The lowest BCUT2D eigenvalue weighted by Gasteiger charge is -2.32. The van der Waals surface area contributed by atoms with Gasteiger partial charge >= 0.3 is 13.1 Å². The first-order valence-corrected chi connectivity index (χ1v) is 8.98. The summed E-state index contributed by atoms with van der Waals surface area (Å²) in [4.78, 5) is 12.1. The molecule has 2 aromatic rings. The molecule has 2 N–H and O–H groups in total. The molecule has 0 atom stereocenters. The predicted octanol–water partition coefficient (Wildman–Crippen LogP) is 4.22. The molecule has 1 heterocycles. The van der Waals surface area contributed by atoms with Crippen LogP contribution in [0.4, 0.5) is 25.0 Å². The minimum absolute atomic E-state index is 0.0201. The average Bonchev–Trinajstić information content (AvgIpc) is 2.80. The van der Waals surface area contributed by atoms with Crippen LogP contribution in [0, 0.1) is 18.6 Å². The minimum atomic E-state index is -0.744. The summed E-state index contributed by atoms with van der Waals surface area (Å²) in [6.45, 7) is 9.42. The number of carbonyl (C=O) groups is 1. The molecule has 28 heavy (non-hydrogen) atoms. The molecule has 0 aliphatic carbocycles. The van der Waals surface area contributed by atoms with Gasteiger partial charge in [0, 0.05) is 0 Å². The number of hydrogen-bond donors (Lipinski definition) is 2. The number of rotatable bonds is 3. The van der Waals surface area contributed by atoms with E-state index in [-0.39, 0.29) is 11.4 Å². The third kappa shape index (κ3) is 4.03. The number of urea groups is 1. The van der Waals surface area contributed by atoms with Crippen molar-refractivity contribution < 1.29 is 22.9 Å². The molecule has 1 saturated heterocycles. The van der Waals surface area contributed by atoms with E-state index in [2.05, 4.69) is 10.6 Å². The topological polar surface area (TPSA) is 59.6 Å². The highest BCUT2D eigenvalue weighted by Crippen LogP contribution is 2.36. The lowest BCUT2D eigenvalue weighted by molar-refractivity contribution is 0.00578. The van der Waals surface area contributed by atoms with E-state index in [1.165, 1.54) is 24.3 Å². The molecule has 1 fully saturated rings. The number of carbonyl (C=O) groups excluding carboxylic acids is 1. The Hall–Kier alpha value is -2.45. The van der Waals surface area contributed by atoms with Crippen molar-refractivity contribution in [3.63, 3.8) is 0 Å². The van der Waals surface area contributed by atoms with Gasteiger partial charge < -0.3 is 19.9 Å². The average molecular weight is 388 g/mol. The van der Waals surface area contributed by atoms with Crippen LogP contribution in [-0.2, 0) is 9.31 Å². The number of nitrogens with one attached hydrogen (secondary N) is 2. The highest BCUT2D eigenvalue weighted by Gasteiger charge is 2.51. The summed E-state index contributed by atoms with van der Waals surface area (Å²) < 4.78 is 40.1. The van der Waals surface area contributed by atoms with Crippen molar-refractivity contribution in [3.05, 3.63) is 53.6 Å². The molecule has 0 saturated carbocycles. The highest BCUT2D eigenvalue weighted by atomic mass is 19.1. The van der Waals surface area contributed by atoms with Crippen LogP contribution in [0.3, 0.4) is 0 Å². The molecular formula is C20H23BF2N2O3. The fourth-order valence-electron chi connectivity index (χ4n) is 2.77. The van der Waals surface area contributed by atoms with Crippen molar-refractivity contribution in [2.24, 2.45) is 0 Å². The van der Waals surface area contributed by atoms with Gasteiger partial charge in [-0.3, -0.25) is 0 Å². The first-order chi connectivity index (χ1) is 13.0. The second-order valence-electron chi connectivity index (χ2n) is 7.89. The molecule has 0 bridgehead atoms. The lowest BCUT2D eigenvalue weighted by atomic mass is 9.79. The van der Waals surface area contributed by atoms with Crippen LogP contribution < -0.4 is 16.1 Å². The third-order valence-electron chi connectivity index (χ3n) is 5.14. The monoisotopic (exact) mass is 388 g/mol. The van der Waals surface area contributed by atoms with E-state index >= 15 is 0 Å². The molecule has 148 valence electrons. The van der Waals surface area contributed by atoms with E-state index in [1.54, 1.807) is 19.1 Å². The quantitative estimate of drug-likeness (QED) is 0.775. The van der Waals surface area contributed by atoms with Gasteiger partial charge in [-0.1, -0.05) is 12.1 Å². The molecule has 1 aliphatic rings. The maximum absolute atomic E-state index is 14.5. The summed E-state index contributed by atoms with van der Waals surface area (Å²) in [7, 11) is -0.705. The van der Waals surface area contributed by atoms with Gasteiger partial charge in [0.1, 0.15) is 11.6 Å². The lowest BCUT2D eigenvalue weighted by Crippen LogP contribution is -2.41. The van der Waals surface area contributed by atoms with Crippen molar-refractivity contribution in [1.29, 1.82) is 0 Å². The number of aryl methyl sites for hydroxylation is 1.